The molecular formula is C30H29ClFN5O4. The van der Waals surface area contributed by atoms with Crippen LogP contribution in [0.4, 0.5) is 21.6 Å². The van der Waals surface area contributed by atoms with Gasteiger partial charge in [0.25, 0.3) is 0 Å². The molecule has 212 valence electrons. The summed E-state index contributed by atoms with van der Waals surface area (Å²) in [6, 6.07) is 15.0. The first-order valence-corrected chi connectivity index (χ1v) is 13.3. The van der Waals surface area contributed by atoms with Crippen molar-refractivity contribution in [3.63, 3.8) is 0 Å². The van der Waals surface area contributed by atoms with Crippen molar-refractivity contribution in [1.82, 2.24) is 14.9 Å². The Labute approximate surface area is 241 Å². The lowest BCUT2D eigenvalue weighted by molar-refractivity contribution is -0.112. The Kier molecular flexibility index (Phi) is 8.81. The maximum absolute atomic E-state index is 13.5. The molecule has 4 aromatic rings. The van der Waals surface area contributed by atoms with Crippen LogP contribution in [-0.4, -0.2) is 54.2 Å². The third-order valence-electron chi connectivity index (χ3n) is 6.18. The molecule has 1 atom stereocenters. The van der Waals surface area contributed by atoms with Gasteiger partial charge in [-0.05, 0) is 42.0 Å². The van der Waals surface area contributed by atoms with Gasteiger partial charge in [-0.2, -0.15) is 0 Å². The predicted molar refractivity (Wildman–Crippen MR) is 156 cm³/mol. The number of carbonyl (C=O) groups is 1. The van der Waals surface area contributed by atoms with E-state index in [1.807, 2.05) is 14.1 Å². The Morgan fingerprint density at radius 3 is 2.80 bits per heavy atom. The number of nitrogens with one attached hydrogen (secondary N) is 2. The molecule has 3 aromatic carbocycles. The summed E-state index contributed by atoms with van der Waals surface area (Å²) >= 11 is 6.49. The molecule has 2 N–H and O–H groups in total. The molecule has 0 saturated carbocycles. The van der Waals surface area contributed by atoms with Crippen molar-refractivity contribution in [3.05, 3.63) is 89.6 Å². The van der Waals surface area contributed by atoms with E-state index in [1.165, 1.54) is 24.5 Å². The van der Waals surface area contributed by atoms with Gasteiger partial charge in [0.2, 0.25) is 5.91 Å². The monoisotopic (exact) mass is 577 g/mol. The Bertz CT molecular complexity index is 1580. The van der Waals surface area contributed by atoms with Crippen LogP contribution in [0.3, 0.4) is 0 Å². The van der Waals surface area contributed by atoms with Crippen LogP contribution in [0.2, 0.25) is 5.02 Å². The number of halogens is 2. The molecule has 1 amide bonds. The highest BCUT2D eigenvalue weighted by molar-refractivity contribution is 6.32. The molecular weight excluding hydrogens is 549 g/mol. The third-order valence-corrected chi connectivity index (χ3v) is 6.47. The highest BCUT2D eigenvalue weighted by atomic mass is 35.5. The van der Waals surface area contributed by atoms with Crippen molar-refractivity contribution in [2.45, 2.75) is 19.1 Å². The minimum atomic E-state index is -0.326. The fourth-order valence-corrected chi connectivity index (χ4v) is 4.41. The van der Waals surface area contributed by atoms with Gasteiger partial charge in [0.05, 0.1) is 29.4 Å². The zero-order valence-electron chi connectivity index (χ0n) is 22.6. The van der Waals surface area contributed by atoms with Crippen molar-refractivity contribution in [2.75, 3.05) is 37.9 Å². The first-order chi connectivity index (χ1) is 19.8. The Hall–Kier alpha value is -4.41. The number of carbonyl (C=O) groups excluding carboxylic acids is 1. The van der Waals surface area contributed by atoms with Gasteiger partial charge < -0.3 is 29.7 Å². The van der Waals surface area contributed by atoms with Gasteiger partial charge in [0, 0.05) is 49.9 Å². The molecule has 0 unspecified atom stereocenters. The molecule has 1 saturated heterocycles. The summed E-state index contributed by atoms with van der Waals surface area (Å²) in [5, 5.41) is 7.22. The Morgan fingerprint density at radius 2 is 2.05 bits per heavy atom. The van der Waals surface area contributed by atoms with Crippen LogP contribution in [-0.2, 0) is 16.1 Å². The van der Waals surface area contributed by atoms with Gasteiger partial charge in [-0.15, -0.1) is 0 Å². The lowest BCUT2D eigenvalue weighted by Crippen LogP contribution is -2.18. The topological polar surface area (TPSA) is 97.8 Å². The van der Waals surface area contributed by atoms with Crippen LogP contribution >= 0.6 is 11.6 Å². The molecule has 0 aliphatic carbocycles. The van der Waals surface area contributed by atoms with E-state index < -0.39 is 0 Å². The van der Waals surface area contributed by atoms with Gasteiger partial charge in [0.1, 0.15) is 42.2 Å². The SMILES string of the molecule is CN(C)/C=C/C(=O)Nc1cc2c(Nc3ccc(OCc4cccc(F)c4)c(Cl)c3)ncnc2cc1O[C@H]1CCOC1. The highest BCUT2D eigenvalue weighted by Crippen LogP contribution is 2.36. The normalized spacial score (nSPS) is 14.8. The predicted octanol–water partition coefficient (Wildman–Crippen LogP) is 5.93. The summed E-state index contributed by atoms with van der Waals surface area (Å²) in [6.07, 6.45) is 5.18. The summed E-state index contributed by atoms with van der Waals surface area (Å²) in [7, 11) is 3.66. The van der Waals surface area contributed by atoms with Crippen molar-refractivity contribution in [3.8, 4) is 11.5 Å². The maximum atomic E-state index is 13.5. The molecule has 0 radical (unpaired) electrons. The summed E-state index contributed by atoms with van der Waals surface area (Å²) in [5.74, 6) is 0.828. The van der Waals surface area contributed by atoms with E-state index in [9.17, 15) is 9.18 Å². The van der Waals surface area contributed by atoms with E-state index in [1.54, 1.807) is 53.6 Å². The Balaban J connectivity index is 1.39. The van der Waals surface area contributed by atoms with Crippen LogP contribution in [0.15, 0.2) is 73.2 Å². The summed E-state index contributed by atoms with van der Waals surface area (Å²) < 4.78 is 30.9. The molecule has 1 aliphatic rings. The Morgan fingerprint density at radius 1 is 1.17 bits per heavy atom. The van der Waals surface area contributed by atoms with E-state index in [0.717, 1.165) is 6.42 Å². The van der Waals surface area contributed by atoms with Gasteiger partial charge in [-0.3, -0.25) is 4.79 Å². The van der Waals surface area contributed by atoms with Crippen LogP contribution in [0, 0.1) is 5.82 Å². The third kappa shape index (κ3) is 7.41. The van der Waals surface area contributed by atoms with E-state index in [-0.39, 0.29) is 24.4 Å². The average Bonchev–Trinajstić information content (AvgIpc) is 3.45. The number of amides is 1. The van der Waals surface area contributed by atoms with Crippen molar-refractivity contribution in [2.24, 2.45) is 0 Å². The number of hydrogen-bond donors (Lipinski definition) is 2. The molecule has 0 bridgehead atoms. The standard InChI is InChI=1S/C30H29ClFN5O4/c1-37(2)10-8-29(38)36-26-14-23-25(15-28(26)41-22-9-11-39-17-22)33-18-34-30(23)35-21-6-7-27(24(31)13-21)40-16-19-4-3-5-20(32)12-19/h3-8,10,12-15,18,22H,9,11,16-17H2,1-2H3,(H,36,38)(H,33,34,35)/b10-8+/t22-/m0/s1. The molecule has 0 spiro atoms. The first-order valence-electron chi connectivity index (χ1n) is 13.0. The lowest BCUT2D eigenvalue weighted by Gasteiger charge is -2.18. The minimum absolute atomic E-state index is 0.122. The average molecular weight is 578 g/mol. The maximum Gasteiger partial charge on any atom is 0.249 e. The molecule has 41 heavy (non-hydrogen) atoms. The zero-order valence-corrected chi connectivity index (χ0v) is 23.3. The molecule has 11 heteroatoms. The van der Waals surface area contributed by atoms with E-state index in [2.05, 4.69) is 20.6 Å². The van der Waals surface area contributed by atoms with Crippen LogP contribution < -0.4 is 20.1 Å². The van der Waals surface area contributed by atoms with Crippen LogP contribution in [0.1, 0.15) is 12.0 Å². The van der Waals surface area contributed by atoms with Crippen molar-refractivity contribution < 1.29 is 23.4 Å². The molecule has 1 fully saturated rings. The van der Waals surface area contributed by atoms with Crippen molar-refractivity contribution >= 4 is 45.6 Å². The van der Waals surface area contributed by atoms with Gasteiger partial charge >= 0.3 is 0 Å². The molecule has 1 aliphatic heterocycles. The molecule has 1 aromatic heterocycles. The highest BCUT2D eigenvalue weighted by Gasteiger charge is 2.21. The minimum Gasteiger partial charge on any atom is -0.487 e. The van der Waals surface area contributed by atoms with Crippen molar-refractivity contribution in [1.29, 1.82) is 0 Å². The summed E-state index contributed by atoms with van der Waals surface area (Å²) in [5.41, 5.74) is 2.46. The number of aromatic nitrogens is 2. The fourth-order valence-electron chi connectivity index (χ4n) is 4.18. The van der Waals surface area contributed by atoms with E-state index >= 15 is 0 Å². The molecule has 5 rings (SSSR count). The number of benzene rings is 3. The molecule has 9 nitrogen and oxygen atoms in total. The van der Waals surface area contributed by atoms with E-state index in [0.29, 0.717) is 63.4 Å². The number of fused-ring (bicyclic) bond motifs is 1. The second-order valence-electron chi connectivity index (χ2n) is 9.65. The van der Waals surface area contributed by atoms with Gasteiger partial charge in [0.15, 0.2) is 0 Å². The van der Waals surface area contributed by atoms with Gasteiger partial charge in [-0.1, -0.05) is 23.7 Å². The summed E-state index contributed by atoms with van der Waals surface area (Å²) in [6.45, 7) is 1.28. The lowest BCUT2D eigenvalue weighted by atomic mass is 10.1. The quantitative estimate of drug-likeness (QED) is 0.224. The molecule has 2 heterocycles. The zero-order chi connectivity index (χ0) is 28.8. The second kappa shape index (κ2) is 12.8. The smallest absolute Gasteiger partial charge is 0.249 e. The summed E-state index contributed by atoms with van der Waals surface area (Å²) in [4.78, 5) is 23.3. The fraction of sp³-hybridized carbons (Fsp3) is 0.233. The van der Waals surface area contributed by atoms with Crippen LogP contribution in [0.5, 0.6) is 11.5 Å². The number of nitrogens with zero attached hydrogens (tertiary/aromatic N) is 3. The van der Waals surface area contributed by atoms with Gasteiger partial charge in [-0.25, -0.2) is 14.4 Å². The number of ether oxygens (including phenoxy) is 3. The first kappa shape index (κ1) is 28.1. The number of hydrogen-bond acceptors (Lipinski definition) is 8. The van der Waals surface area contributed by atoms with Crippen LogP contribution in [0.25, 0.3) is 10.9 Å². The number of anilines is 3. The largest absolute Gasteiger partial charge is 0.487 e. The number of rotatable bonds is 10. The van der Waals surface area contributed by atoms with E-state index in [4.69, 9.17) is 25.8 Å². The second-order valence-corrected chi connectivity index (χ2v) is 10.1.